The second-order valence-electron chi connectivity index (χ2n) is 7.67. The summed E-state index contributed by atoms with van der Waals surface area (Å²) in [7, 11) is 1.57. The highest BCUT2D eigenvalue weighted by Gasteiger charge is 2.26. The van der Waals surface area contributed by atoms with Crippen molar-refractivity contribution in [2.24, 2.45) is 0 Å². The van der Waals surface area contributed by atoms with Gasteiger partial charge in [-0.05, 0) is 43.4 Å². The van der Waals surface area contributed by atoms with E-state index in [0.717, 1.165) is 41.5 Å². The molecule has 3 aromatic rings. The van der Waals surface area contributed by atoms with Gasteiger partial charge in [-0.15, -0.1) is 11.3 Å². The zero-order valence-electron chi connectivity index (χ0n) is 18.3. The van der Waals surface area contributed by atoms with E-state index in [2.05, 4.69) is 15.8 Å². The summed E-state index contributed by atoms with van der Waals surface area (Å²) in [5, 5.41) is 10.7. The monoisotopic (exact) mass is 471 g/mol. The van der Waals surface area contributed by atoms with Crippen LogP contribution < -0.4 is 10.6 Å². The summed E-state index contributed by atoms with van der Waals surface area (Å²) in [6.45, 7) is 0.320. The Balaban J connectivity index is 1.38. The van der Waals surface area contributed by atoms with Crippen LogP contribution in [0.15, 0.2) is 28.8 Å². The number of aryl methyl sites for hydroxylation is 1. The van der Waals surface area contributed by atoms with Crippen LogP contribution in [0.3, 0.4) is 0 Å². The predicted octanol–water partition coefficient (Wildman–Crippen LogP) is 2.87. The smallest absolute Gasteiger partial charge is 0.312 e. The van der Waals surface area contributed by atoms with Gasteiger partial charge in [-0.1, -0.05) is 17.3 Å². The lowest BCUT2D eigenvalue weighted by Gasteiger charge is -2.13. The topological polar surface area (TPSA) is 120 Å². The molecule has 1 aliphatic rings. The number of nitrogens with one attached hydrogen (secondary N) is 2. The first-order valence-electron chi connectivity index (χ1n) is 10.8. The Hall–Kier alpha value is -3.24. The number of ether oxygens (including phenoxy) is 2. The van der Waals surface area contributed by atoms with Crippen LogP contribution in [0, 0.1) is 0 Å². The minimum atomic E-state index is -0.591. The molecule has 0 saturated carbocycles. The maximum atomic E-state index is 12.8. The summed E-state index contributed by atoms with van der Waals surface area (Å²) in [6.07, 6.45) is 3.64. The van der Waals surface area contributed by atoms with Gasteiger partial charge in [0.1, 0.15) is 10.7 Å². The normalized spacial score (nSPS) is 12.9. The van der Waals surface area contributed by atoms with Gasteiger partial charge in [-0.2, -0.15) is 0 Å². The minimum absolute atomic E-state index is 0.106. The van der Waals surface area contributed by atoms with Crippen LogP contribution in [0.4, 0.5) is 5.00 Å². The second-order valence-corrected chi connectivity index (χ2v) is 8.78. The number of amides is 2. The highest BCUT2D eigenvalue weighted by molar-refractivity contribution is 7.17. The van der Waals surface area contributed by atoms with Crippen molar-refractivity contribution in [1.82, 2.24) is 10.5 Å². The number of fused-ring (bicyclic) bond motifs is 2. The predicted molar refractivity (Wildman–Crippen MR) is 122 cm³/mol. The summed E-state index contributed by atoms with van der Waals surface area (Å²) in [5.41, 5.74) is 2.53. The number of esters is 1. The van der Waals surface area contributed by atoms with Gasteiger partial charge in [0.2, 0.25) is 0 Å². The van der Waals surface area contributed by atoms with Crippen molar-refractivity contribution in [1.29, 1.82) is 0 Å². The quantitative estimate of drug-likeness (QED) is 0.364. The van der Waals surface area contributed by atoms with E-state index in [4.69, 9.17) is 14.0 Å². The van der Waals surface area contributed by atoms with Gasteiger partial charge in [-0.3, -0.25) is 14.4 Å². The van der Waals surface area contributed by atoms with E-state index in [1.165, 1.54) is 11.3 Å². The van der Waals surface area contributed by atoms with Crippen molar-refractivity contribution in [3.8, 4) is 0 Å². The Kier molecular flexibility index (Phi) is 7.36. The molecule has 174 valence electrons. The maximum Gasteiger partial charge on any atom is 0.312 e. The summed E-state index contributed by atoms with van der Waals surface area (Å²) in [5.74, 6) is -1.33. The van der Waals surface area contributed by atoms with E-state index in [1.54, 1.807) is 19.2 Å². The summed E-state index contributed by atoms with van der Waals surface area (Å²) >= 11 is 1.41. The molecule has 0 fully saturated rings. The number of hydrogen-bond acceptors (Lipinski definition) is 8. The number of carbonyl (C=O) groups excluding carboxylic acids is 3. The number of nitrogens with zero attached hydrogens (tertiary/aromatic N) is 1. The van der Waals surface area contributed by atoms with Crippen LogP contribution in [0.5, 0.6) is 0 Å². The summed E-state index contributed by atoms with van der Waals surface area (Å²) in [6, 6.07) is 7.20. The highest BCUT2D eigenvalue weighted by atomic mass is 32.1. The molecule has 2 aromatic heterocycles. The zero-order chi connectivity index (χ0) is 23.2. The number of para-hydroxylation sites is 1. The average Bonchev–Trinajstić information content (AvgIpc) is 3.39. The van der Waals surface area contributed by atoms with Crippen molar-refractivity contribution in [3.63, 3.8) is 0 Å². The van der Waals surface area contributed by atoms with Crippen molar-refractivity contribution in [2.75, 3.05) is 32.2 Å². The molecule has 0 radical (unpaired) electrons. The van der Waals surface area contributed by atoms with Crippen LogP contribution >= 0.6 is 11.3 Å². The van der Waals surface area contributed by atoms with Crippen LogP contribution in [0.2, 0.25) is 0 Å². The highest BCUT2D eigenvalue weighted by Crippen LogP contribution is 2.38. The van der Waals surface area contributed by atoms with Gasteiger partial charge >= 0.3 is 5.97 Å². The Labute approximate surface area is 194 Å². The molecule has 0 unspecified atom stereocenters. The Bertz CT molecular complexity index is 1170. The molecular formula is C23H25N3O6S. The number of thiophene rings is 1. The Morgan fingerprint density at radius 2 is 2.00 bits per heavy atom. The fourth-order valence-electron chi connectivity index (χ4n) is 3.81. The van der Waals surface area contributed by atoms with E-state index in [9.17, 15) is 14.4 Å². The molecule has 9 nitrogen and oxygen atoms in total. The van der Waals surface area contributed by atoms with Gasteiger partial charge in [0.25, 0.3) is 11.8 Å². The fraction of sp³-hybridized carbons (Fsp3) is 0.391. The van der Waals surface area contributed by atoms with Crippen LogP contribution in [0.25, 0.3) is 11.0 Å². The van der Waals surface area contributed by atoms with Gasteiger partial charge in [0, 0.05) is 23.9 Å². The van der Waals surface area contributed by atoms with E-state index in [-0.39, 0.29) is 12.3 Å². The van der Waals surface area contributed by atoms with Gasteiger partial charge < -0.3 is 24.6 Å². The van der Waals surface area contributed by atoms with Gasteiger partial charge in [0.15, 0.2) is 12.2 Å². The van der Waals surface area contributed by atoms with Crippen molar-refractivity contribution in [3.05, 3.63) is 46.0 Å². The number of benzene rings is 1. The standard InChI is InChI=1S/C23H25N3O6S/c1-30-11-10-24-22(29)21-15-7-3-5-9-18(15)33-23(21)25-19(27)13-31-20(28)12-16-14-6-2-4-8-17(14)32-26-16/h2,4,6,8H,3,5,7,9-13H2,1H3,(H,24,29)(H,25,27). The molecule has 0 saturated heterocycles. The fourth-order valence-corrected chi connectivity index (χ4v) is 5.11. The van der Waals surface area contributed by atoms with Gasteiger partial charge in [-0.25, -0.2) is 0 Å². The molecule has 0 aliphatic heterocycles. The van der Waals surface area contributed by atoms with Crippen molar-refractivity contribution < 1.29 is 28.4 Å². The first-order valence-corrected chi connectivity index (χ1v) is 11.6. The van der Waals surface area contributed by atoms with E-state index in [1.807, 2.05) is 12.1 Å². The number of aromatic nitrogens is 1. The first kappa shape index (κ1) is 22.9. The third kappa shape index (κ3) is 5.40. The molecule has 1 aliphatic carbocycles. The number of hydrogen-bond donors (Lipinski definition) is 2. The molecule has 0 spiro atoms. The zero-order valence-corrected chi connectivity index (χ0v) is 19.1. The van der Waals surface area contributed by atoms with E-state index in [0.29, 0.717) is 35.0 Å². The van der Waals surface area contributed by atoms with Gasteiger partial charge in [0.05, 0.1) is 18.6 Å². The second kappa shape index (κ2) is 10.6. The third-order valence-corrected chi connectivity index (χ3v) is 6.58. The molecule has 0 atom stereocenters. The molecule has 4 rings (SSSR count). The van der Waals surface area contributed by atoms with Crippen LogP contribution in [0.1, 0.15) is 39.3 Å². The molecule has 1 aromatic carbocycles. The maximum absolute atomic E-state index is 12.8. The lowest BCUT2D eigenvalue weighted by molar-refractivity contribution is -0.146. The lowest BCUT2D eigenvalue weighted by Crippen LogP contribution is -2.29. The summed E-state index contributed by atoms with van der Waals surface area (Å²) < 4.78 is 15.3. The Morgan fingerprint density at radius 3 is 2.85 bits per heavy atom. The SMILES string of the molecule is COCCNC(=O)c1c(NC(=O)COC(=O)Cc2noc3ccccc23)sc2c1CCCC2. The number of carbonyl (C=O) groups is 3. The molecule has 33 heavy (non-hydrogen) atoms. The largest absolute Gasteiger partial charge is 0.455 e. The first-order chi connectivity index (χ1) is 16.1. The van der Waals surface area contributed by atoms with Crippen LogP contribution in [-0.2, 0) is 38.3 Å². The molecule has 2 amide bonds. The molecule has 2 N–H and O–H groups in total. The van der Waals surface area contributed by atoms with E-state index >= 15 is 0 Å². The number of anilines is 1. The summed E-state index contributed by atoms with van der Waals surface area (Å²) in [4.78, 5) is 38.7. The number of rotatable bonds is 9. The van der Waals surface area contributed by atoms with Crippen molar-refractivity contribution >= 4 is 45.1 Å². The molecule has 0 bridgehead atoms. The lowest BCUT2D eigenvalue weighted by atomic mass is 9.95. The molecular weight excluding hydrogens is 446 g/mol. The third-order valence-electron chi connectivity index (χ3n) is 5.37. The molecule has 2 heterocycles. The Morgan fingerprint density at radius 1 is 1.18 bits per heavy atom. The van der Waals surface area contributed by atoms with E-state index < -0.39 is 18.5 Å². The average molecular weight is 472 g/mol. The minimum Gasteiger partial charge on any atom is -0.455 e. The molecule has 10 heteroatoms. The van der Waals surface area contributed by atoms with Crippen LogP contribution in [-0.4, -0.2) is 49.8 Å². The van der Waals surface area contributed by atoms with Crippen molar-refractivity contribution in [2.45, 2.75) is 32.1 Å². The number of methoxy groups -OCH3 is 1.